The molecule has 2 rings (SSSR count). The molecule has 1 aromatic carbocycles. The van der Waals surface area contributed by atoms with Crippen molar-refractivity contribution in [1.29, 1.82) is 0 Å². The molecular weight excluding hydrogens is 255 g/mol. The molecule has 0 aliphatic carbocycles. The molecule has 0 aliphatic heterocycles. The fraction of sp³-hybridized carbons (Fsp3) is 0.462. The predicted molar refractivity (Wildman–Crippen MR) is 70.5 cm³/mol. The van der Waals surface area contributed by atoms with Gasteiger partial charge < -0.3 is 9.30 Å². The minimum Gasteiger partial charge on any atom is -0.380 e. The lowest BCUT2D eigenvalue weighted by molar-refractivity contribution is 0.139. The van der Waals surface area contributed by atoms with Crippen molar-refractivity contribution in [2.45, 2.75) is 25.8 Å². The third-order valence-corrected chi connectivity index (χ3v) is 2.97. The molecule has 0 fully saturated rings. The van der Waals surface area contributed by atoms with Gasteiger partial charge in [0.1, 0.15) is 11.3 Å². The van der Waals surface area contributed by atoms with E-state index in [2.05, 4.69) is 4.98 Å². The highest BCUT2D eigenvalue weighted by atomic mass is 35.5. The van der Waals surface area contributed by atoms with Crippen LogP contribution in [0.1, 0.15) is 25.0 Å². The molecule has 0 aliphatic rings. The molecule has 0 N–H and O–H groups in total. The zero-order chi connectivity index (χ0) is 13.1. The van der Waals surface area contributed by atoms with Gasteiger partial charge in [0.15, 0.2) is 5.82 Å². The Morgan fingerprint density at radius 3 is 2.94 bits per heavy atom. The zero-order valence-electron chi connectivity index (χ0n) is 10.5. The number of alkyl halides is 1. The zero-order valence-corrected chi connectivity index (χ0v) is 11.2. The van der Waals surface area contributed by atoms with Crippen LogP contribution in [0.25, 0.3) is 11.0 Å². The second-order valence-electron chi connectivity index (χ2n) is 4.04. The number of ether oxygens (including phenoxy) is 1. The van der Waals surface area contributed by atoms with Gasteiger partial charge in [-0.25, -0.2) is 9.37 Å². The van der Waals surface area contributed by atoms with Crippen LogP contribution in [0.3, 0.4) is 0 Å². The van der Waals surface area contributed by atoms with E-state index < -0.39 is 0 Å². The number of fused-ring (bicyclic) bond motifs is 1. The van der Waals surface area contributed by atoms with Crippen molar-refractivity contribution < 1.29 is 9.13 Å². The lowest BCUT2D eigenvalue weighted by Crippen LogP contribution is -2.09. The Labute approximate surface area is 111 Å². The first-order valence-electron chi connectivity index (χ1n) is 6.01. The lowest BCUT2D eigenvalue weighted by Gasteiger charge is -2.10. The van der Waals surface area contributed by atoms with E-state index in [9.17, 15) is 4.39 Å². The van der Waals surface area contributed by atoms with Gasteiger partial charge in [-0.05, 0) is 26.0 Å². The van der Waals surface area contributed by atoms with E-state index in [0.717, 1.165) is 5.52 Å². The van der Waals surface area contributed by atoms with Crippen LogP contribution in [0.5, 0.6) is 0 Å². The first-order valence-corrected chi connectivity index (χ1v) is 6.45. The second-order valence-corrected chi connectivity index (χ2v) is 4.70. The molecule has 3 nitrogen and oxygen atoms in total. The topological polar surface area (TPSA) is 27.1 Å². The van der Waals surface area contributed by atoms with E-state index in [1.165, 1.54) is 6.07 Å². The van der Waals surface area contributed by atoms with Crippen LogP contribution >= 0.6 is 11.6 Å². The van der Waals surface area contributed by atoms with Gasteiger partial charge in [0.2, 0.25) is 0 Å². The monoisotopic (exact) mass is 270 g/mol. The largest absolute Gasteiger partial charge is 0.380 e. The quantitative estimate of drug-likeness (QED) is 0.614. The summed E-state index contributed by atoms with van der Waals surface area (Å²) in [6.07, 6.45) is 0. The van der Waals surface area contributed by atoms with Gasteiger partial charge in [-0.3, -0.25) is 0 Å². The Morgan fingerprint density at radius 1 is 1.50 bits per heavy atom. The standard InChI is InChI=1S/C13H16ClFN2O/c1-3-18-8-7-17-11-6-4-5-10(15)12(11)16-13(17)9(2)14/h4-6,9H,3,7-8H2,1-2H3. The summed E-state index contributed by atoms with van der Waals surface area (Å²) in [6.45, 7) is 5.62. The minimum atomic E-state index is -0.318. The minimum absolute atomic E-state index is 0.265. The van der Waals surface area contributed by atoms with Gasteiger partial charge in [0.05, 0.1) is 17.5 Å². The number of aromatic nitrogens is 2. The van der Waals surface area contributed by atoms with Crippen LogP contribution in [0.2, 0.25) is 0 Å². The molecule has 0 spiro atoms. The maximum absolute atomic E-state index is 13.7. The van der Waals surface area contributed by atoms with Crippen molar-refractivity contribution in [2.75, 3.05) is 13.2 Å². The molecule has 98 valence electrons. The molecule has 0 saturated heterocycles. The van der Waals surface area contributed by atoms with E-state index in [0.29, 0.717) is 31.1 Å². The van der Waals surface area contributed by atoms with E-state index in [-0.39, 0.29) is 11.2 Å². The summed E-state index contributed by atoms with van der Waals surface area (Å²) in [7, 11) is 0. The summed E-state index contributed by atoms with van der Waals surface area (Å²) in [5.74, 6) is 0.359. The van der Waals surface area contributed by atoms with Crippen LogP contribution in [-0.4, -0.2) is 22.8 Å². The van der Waals surface area contributed by atoms with Crippen molar-refractivity contribution in [3.8, 4) is 0 Å². The molecule has 0 saturated carbocycles. The maximum atomic E-state index is 13.7. The van der Waals surface area contributed by atoms with Gasteiger partial charge >= 0.3 is 0 Å². The Kier molecular flexibility index (Phi) is 4.19. The van der Waals surface area contributed by atoms with Crippen molar-refractivity contribution in [1.82, 2.24) is 9.55 Å². The molecule has 1 heterocycles. The van der Waals surface area contributed by atoms with Gasteiger partial charge in [-0.2, -0.15) is 0 Å². The van der Waals surface area contributed by atoms with Crippen LogP contribution in [-0.2, 0) is 11.3 Å². The van der Waals surface area contributed by atoms with E-state index in [1.807, 2.05) is 24.5 Å². The molecular formula is C13H16ClFN2O. The van der Waals surface area contributed by atoms with Gasteiger partial charge in [0.25, 0.3) is 0 Å². The Balaban J connectivity index is 2.46. The number of hydrogen-bond acceptors (Lipinski definition) is 2. The number of halogens is 2. The number of imidazole rings is 1. The van der Waals surface area contributed by atoms with Gasteiger partial charge in [0, 0.05) is 13.2 Å². The van der Waals surface area contributed by atoms with E-state index in [4.69, 9.17) is 16.3 Å². The third kappa shape index (κ3) is 2.49. The summed E-state index contributed by atoms with van der Waals surface area (Å²) >= 11 is 6.10. The van der Waals surface area contributed by atoms with Crippen LogP contribution in [0, 0.1) is 5.82 Å². The summed E-state index contributed by atoms with van der Waals surface area (Å²) in [4.78, 5) is 4.29. The summed E-state index contributed by atoms with van der Waals surface area (Å²) in [6, 6.07) is 4.93. The first kappa shape index (κ1) is 13.3. The molecule has 5 heteroatoms. The first-order chi connectivity index (χ1) is 8.65. The maximum Gasteiger partial charge on any atom is 0.151 e. The smallest absolute Gasteiger partial charge is 0.151 e. The van der Waals surface area contributed by atoms with E-state index in [1.54, 1.807) is 6.07 Å². The summed E-state index contributed by atoms with van der Waals surface area (Å²) in [5, 5.41) is -0.265. The van der Waals surface area contributed by atoms with Crippen molar-refractivity contribution in [3.63, 3.8) is 0 Å². The van der Waals surface area contributed by atoms with E-state index >= 15 is 0 Å². The van der Waals surface area contributed by atoms with Crippen molar-refractivity contribution >= 4 is 22.6 Å². The fourth-order valence-electron chi connectivity index (χ4n) is 1.97. The number of hydrogen-bond donors (Lipinski definition) is 0. The number of rotatable bonds is 5. The average molecular weight is 271 g/mol. The number of benzene rings is 1. The lowest BCUT2D eigenvalue weighted by atomic mass is 10.3. The molecule has 0 radical (unpaired) electrons. The Bertz CT molecular complexity index is 539. The summed E-state index contributed by atoms with van der Waals surface area (Å²) < 4.78 is 20.9. The normalized spacial score (nSPS) is 13.1. The molecule has 1 unspecified atom stereocenters. The van der Waals surface area contributed by atoms with Crippen molar-refractivity contribution in [2.24, 2.45) is 0 Å². The van der Waals surface area contributed by atoms with Crippen LogP contribution in [0.4, 0.5) is 4.39 Å². The third-order valence-electron chi connectivity index (χ3n) is 2.78. The fourth-order valence-corrected chi connectivity index (χ4v) is 2.14. The molecule has 18 heavy (non-hydrogen) atoms. The predicted octanol–water partition coefficient (Wildman–Crippen LogP) is 3.51. The Hall–Kier alpha value is -1.13. The summed E-state index contributed by atoms with van der Waals surface area (Å²) in [5.41, 5.74) is 1.13. The van der Waals surface area contributed by atoms with Gasteiger partial charge in [-0.15, -0.1) is 11.6 Å². The average Bonchev–Trinajstić information content (AvgIpc) is 2.70. The SMILES string of the molecule is CCOCCn1c(C(C)Cl)nc2c(F)cccc21. The van der Waals surface area contributed by atoms with Gasteiger partial charge in [-0.1, -0.05) is 6.07 Å². The molecule has 2 aromatic rings. The molecule has 1 atom stereocenters. The number of para-hydroxylation sites is 1. The highest BCUT2D eigenvalue weighted by molar-refractivity contribution is 6.20. The molecule has 0 amide bonds. The highest BCUT2D eigenvalue weighted by Crippen LogP contribution is 2.25. The molecule has 1 aromatic heterocycles. The van der Waals surface area contributed by atoms with Crippen LogP contribution < -0.4 is 0 Å². The Morgan fingerprint density at radius 2 is 2.28 bits per heavy atom. The number of nitrogens with zero attached hydrogens (tertiary/aromatic N) is 2. The molecule has 0 bridgehead atoms. The van der Waals surface area contributed by atoms with Crippen molar-refractivity contribution in [3.05, 3.63) is 29.8 Å². The second kappa shape index (κ2) is 5.67. The highest BCUT2D eigenvalue weighted by Gasteiger charge is 2.16. The van der Waals surface area contributed by atoms with Crippen LogP contribution in [0.15, 0.2) is 18.2 Å².